The molecule has 3 rings (SSSR count). The topological polar surface area (TPSA) is 48.7 Å². The molecule has 0 saturated heterocycles. The van der Waals surface area contributed by atoms with Crippen LogP contribution in [0.15, 0.2) is 42.7 Å². The molecule has 0 N–H and O–H groups in total. The van der Waals surface area contributed by atoms with E-state index in [1.54, 1.807) is 31.1 Å². The van der Waals surface area contributed by atoms with Gasteiger partial charge in [-0.2, -0.15) is 5.10 Å². The maximum Gasteiger partial charge on any atom is 0.154 e. The molecule has 0 aliphatic rings. The van der Waals surface area contributed by atoms with Crippen LogP contribution in [-0.4, -0.2) is 28.8 Å². The van der Waals surface area contributed by atoms with Crippen molar-refractivity contribution in [3.05, 3.63) is 42.7 Å². The van der Waals surface area contributed by atoms with E-state index in [0.29, 0.717) is 0 Å². The lowest BCUT2D eigenvalue weighted by atomic mass is 10.1. The van der Waals surface area contributed by atoms with Gasteiger partial charge in [-0.1, -0.05) is 0 Å². The number of ether oxygens (including phenoxy) is 2. The lowest BCUT2D eigenvalue weighted by molar-refractivity contribution is 0.394. The van der Waals surface area contributed by atoms with Crippen LogP contribution >= 0.6 is 0 Å². The van der Waals surface area contributed by atoms with Crippen LogP contribution in [0, 0.1) is 0 Å². The van der Waals surface area contributed by atoms with Gasteiger partial charge in [0.05, 0.1) is 26.1 Å². The Morgan fingerprint density at radius 2 is 1.79 bits per heavy atom. The largest absolute Gasteiger partial charge is 0.497 e. The van der Waals surface area contributed by atoms with Gasteiger partial charge in [0.15, 0.2) is 5.65 Å². The molecular weight excluding hydrogens is 242 g/mol. The first-order valence-corrected chi connectivity index (χ1v) is 5.84. The Balaban J connectivity index is 2.20. The third-order valence-electron chi connectivity index (χ3n) is 2.93. The smallest absolute Gasteiger partial charge is 0.154 e. The Labute approximate surface area is 110 Å². The van der Waals surface area contributed by atoms with Gasteiger partial charge < -0.3 is 9.47 Å². The zero-order valence-corrected chi connectivity index (χ0v) is 10.7. The first-order chi connectivity index (χ1) is 9.31. The first-order valence-electron chi connectivity index (χ1n) is 5.84. The molecule has 3 aromatic rings. The fourth-order valence-electron chi connectivity index (χ4n) is 1.98. The Bertz CT molecular complexity index is 699. The van der Waals surface area contributed by atoms with Crippen molar-refractivity contribution in [1.82, 2.24) is 14.6 Å². The van der Waals surface area contributed by atoms with Crippen molar-refractivity contribution in [2.24, 2.45) is 0 Å². The molecule has 5 heteroatoms. The van der Waals surface area contributed by atoms with Gasteiger partial charge in [-0.05, 0) is 24.3 Å². The number of hydrogen-bond acceptors (Lipinski definition) is 4. The van der Waals surface area contributed by atoms with Gasteiger partial charge in [-0.25, -0.2) is 9.50 Å². The maximum atomic E-state index is 5.28. The molecule has 0 fully saturated rings. The first kappa shape index (κ1) is 11.5. The zero-order valence-electron chi connectivity index (χ0n) is 10.7. The second kappa shape index (κ2) is 4.61. The van der Waals surface area contributed by atoms with Gasteiger partial charge in [0.1, 0.15) is 11.5 Å². The lowest BCUT2D eigenvalue weighted by Crippen LogP contribution is -1.94. The third kappa shape index (κ3) is 1.99. The van der Waals surface area contributed by atoms with E-state index >= 15 is 0 Å². The number of rotatable bonds is 3. The summed E-state index contributed by atoms with van der Waals surface area (Å²) in [5.41, 5.74) is 2.65. The number of fused-ring (bicyclic) bond motifs is 1. The molecule has 5 nitrogen and oxygen atoms in total. The van der Waals surface area contributed by atoms with E-state index in [9.17, 15) is 0 Å². The minimum atomic E-state index is 0.736. The highest BCUT2D eigenvalue weighted by Gasteiger charge is 2.09. The van der Waals surface area contributed by atoms with Crippen molar-refractivity contribution in [3.63, 3.8) is 0 Å². The van der Waals surface area contributed by atoms with Crippen LogP contribution in [0.1, 0.15) is 0 Å². The SMILES string of the molecule is COc1cc(OC)cc(-c2cnc3cccnn23)c1. The predicted octanol–water partition coefficient (Wildman–Crippen LogP) is 2.41. The summed E-state index contributed by atoms with van der Waals surface area (Å²) >= 11 is 0. The van der Waals surface area contributed by atoms with E-state index < -0.39 is 0 Å². The molecule has 2 aromatic heterocycles. The van der Waals surface area contributed by atoms with Crippen molar-refractivity contribution in [2.75, 3.05) is 14.2 Å². The molecule has 0 spiro atoms. The van der Waals surface area contributed by atoms with Crippen LogP contribution in [0.2, 0.25) is 0 Å². The number of benzene rings is 1. The van der Waals surface area contributed by atoms with E-state index in [1.165, 1.54) is 0 Å². The van der Waals surface area contributed by atoms with Crippen molar-refractivity contribution < 1.29 is 9.47 Å². The average molecular weight is 255 g/mol. The van der Waals surface area contributed by atoms with Crippen molar-refractivity contribution in [2.45, 2.75) is 0 Å². The molecule has 0 atom stereocenters. The van der Waals surface area contributed by atoms with E-state index in [2.05, 4.69) is 10.1 Å². The summed E-state index contributed by atoms with van der Waals surface area (Å²) in [6.07, 6.45) is 3.52. The van der Waals surface area contributed by atoms with Gasteiger partial charge in [0.2, 0.25) is 0 Å². The zero-order chi connectivity index (χ0) is 13.2. The summed E-state index contributed by atoms with van der Waals surface area (Å²) in [5.74, 6) is 1.47. The molecular formula is C14H13N3O2. The summed E-state index contributed by atoms with van der Waals surface area (Å²) < 4.78 is 12.3. The monoisotopic (exact) mass is 255 g/mol. The number of methoxy groups -OCH3 is 2. The molecule has 0 radical (unpaired) electrons. The minimum absolute atomic E-state index is 0.736. The Kier molecular flexibility index (Phi) is 2.79. The fraction of sp³-hybridized carbons (Fsp3) is 0.143. The van der Waals surface area contributed by atoms with E-state index in [1.807, 2.05) is 30.3 Å². The Hall–Kier alpha value is -2.56. The second-order valence-corrected chi connectivity index (χ2v) is 4.04. The summed E-state index contributed by atoms with van der Waals surface area (Å²) in [6.45, 7) is 0. The number of imidazole rings is 1. The summed E-state index contributed by atoms with van der Waals surface area (Å²) in [5, 5.41) is 4.30. The van der Waals surface area contributed by atoms with Crippen LogP contribution < -0.4 is 9.47 Å². The van der Waals surface area contributed by atoms with Gasteiger partial charge in [0.25, 0.3) is 0 Å². The van der Waals surface area contributed by atoms with Gasteiger partial charge in [-0.15, -0.1) is 0 Å². The summed E-state index contributed by atoms with van der Waals surface area (Å²) in [4.78, 5) is 4.32. The molecule has 0 saturated carbocycles. The normalized spacial score (nSPS) is 10.6. The van der Waals surface area contributed by atoms with Gasteiger partial charge >= 0.3 is 0 Å². The summed E-state index contributed by atoms with van der Waals surface area (Å²) in [6, 6.07) is 9.47. The van der Waals surface area contributed by atoms with Gasteiger partial charge in [-0.3, -0.25) is 0 Å². The Morgan fingerprint density at radius 3 is 2.47 bits per heavy atom. The highest BCUT2D eigenvalue weighted by Crippen LogP contribution is 2.29. The third-order valence-corrected chi connectivity index (χ3v) is 2.93. The molecule has 0 unspecified atom stereocenters. The molecule has 2 heterocycles. The predicted molar refractivity (Wildman–Crippen MR) is 71.5 cm³/mol. The quantitative estimate of drug-likeness (QED) is 0.721. The number of aromatic nitrogens is 3. The second-order valence-electron chi connectivity index (χ2n) is 4.04. The fourth-order valence-corrected chi connectivity index (χ4v) is 1.98. The van der Waals surface area contributed by atoms with E-state index in [-0.39, 0.29) is 0 Å². The van der Waals surface area contributed by atoms with Crippen LogP contribution in [0.4, 0.5) is 0 Å². The van der Waals surface area contributed by atoms with Crippen molar-refractivity contribution in [1.29, 1.82) is 0 Å². The van der Waals surface area contributed by atoms with E-state index in [4.69, 9.17) is 9.47 Å². The summed E-state index contributed by atoms with van der Waals surface area (Å²) in [7, 11) is 3.26. The molecule has 0 aliphatic heterocycles. The standard InChI is InChI=1S/C14H13N3O2/c1-18-11-6-10(7-12(8-11)19-2)13-9-15-14-4-3-5-16-17(13)14/h3-9H,1-2H3. The molecule has 0 aliphatic carbocycles. The average Bonchev–Trinajstić information content (AvgIpc) is 2.90. The van der Waals surface area contributed by atoms with Crippen LogP contribution in [-0.2, 0) is 0 Å². The Morgan fingerprint density at radius 1 is 1.05 bits per heavy atom. The molecule has 96 valence electrons. The van der Waals surface area contributed by atoms with Crippen LogP contribution in [0.25, 0.3) is 16.9 Å². The van der Waals surface area contributed by atoms with Crippen molar-refractivity contribution >= 4 is 5.65 Å². The highest BCUT2D eigenvalue weighted by atomic mass is 16.5. The van der Waals surface area contributed by atoms with E-state index in [0.717, 1.165) is 28.4 Å². The maximum absolute atomic E-state index is 5.28. The van der Waals surface area contributed by atoms with Gasteiger partial charge in [0, 0.05) is 17.8 Å². The van der Waals surface area contributed by atoms with Crippen molar-refractivity contribution in [3.8, 4) is 22.8 Å². The molecule has 0 bridgehead atoms. The molecule has 0 amide bonds. The minimum Gasteiger partial charge on any atom is -0.497 e. The number of hydrogen-bond donors (Lipinski definition) is 0. The molecule has 19 heavy (non-hydrogen) atoms. The lowest BCUT2D eigenvalue weighted by Gasteiger charge is -2.07. The highest BCUT2D eigenvalue weighted by molar-refractivity contribution is 5.66. The number of nitrogens with zero attached hydrogens (tertiary/aromatic N) is 3. The van der Waals surface area contributed by atoms with Crippen LogP contribution in [0.5, 0.6) is 11.5 Å². The molecule has 1 aromatic carbocycles. The van der Waals surface area contributed by atoms with Crippen LogP contribution in [0.3, 0.4) is 0 Å².